The van der Waals surface area contributed by atoms with Crippen LogP contribution in [0.4, 0.5) is 0 Å². The zero-order chi connectivity index (χ0) is 11.6. The molecule has 0 saturated carbocycles. The van der Waals surface area contributed by atoms with Crippen LogP contribution >= 0.6 is 11.6 Å². The van der Waals surface area contributed by atoms with Gasteiger partial charge in [-0.25, -0.2) is 4.79 Å². The molecular formula is C11H13ClO3. The largest absolute Gasteiger partial charge is 0.467 e. The summed E-state index contributed by atoms with van der Waals surface area (Å²) in [5.41, 5.74) is 2.17. The van der Waals surface area contributed by atoms with Gasteiger partial charge in [0.2, 0.25) is 0 Å². The van der Waals surface area contributed by atoms with Crippen LogP contribution in [-0.2, 0) is 9.53 Å². The summed E-state index contributed by atoms with van der Waals surface area (Å²) in [7, 11) is 1.23. The van der Waals surface area contributed by atoms with Crippen molar-refractivity contribution in [3.05, 3.63) is 33.8 Å². The molecule has 1 atom stereocenters. The highest BCUT2D eigenvalue weighted by atomic mass is 35.5. The lowest BCUT2D eigenvalue weighted by Crippen LogP contribution is -2.15. The number of hydrogen-bond acceptors (Lipinski definition) is 3. The van der Waals surface area contributed by atoms with E-state index in [9.17, 15) is 9.90 Å². The van der Waals surface area contributed by atoms with Crippen molar-refractivity contribution in [1.82, 2.24) is 0 Å². The first-order valence-electron chi connectivity index (χ1n) is 4.50. The molecule has 0 saturated heterocycles. The number of carbonyl (C=O) groups is 1. The van der Waals surface area contributed by atoms with Crippen LogP contribution in [0.2, 0.25) is 5.02 Å². The van der Waals surface area contributed by atoms with Gasteiger partial charge in [0.1, 0.15) is 0 Å². The van der Waals surface area contributed by atoms with Gasteiger partial charge in [0.05, 0.1) is 7.11 Å². The Bertz CT molecular complexity index is 364. The fourth-order valence-corrected chi connectivity index (χ4v) is 1.93. The van der Waals surface area contributed by atoms with Crippen molar-refractivity contribution in [3.63, 3.8) is 0 Å². The molecule has 0 bridgehead atoms. The van der Waals surface area contributed by atoms with Crippen LogP contribution in [0.3, 0.4) is 0 Å². The third kappa shape index (κ3) is 2.49. The maximum atomic E-state index is 11.2. The molecule has 1 aromatic carbocycles. The predicted molar refractivity (Wildman–Crippen MR) is 57.9 cm³/mol. The Hall–Kier alpha value is -1.06. The summed E-state index contributed by atoms with van der Waals surface area (Å²) in [6, 6.07) is 3.56. The highest BCUT2D eigenvalue weighted by molar-refractivity contribution is 6.31. The van der Waals surface area contributed by atoms with Gasteiger partial charge in [-0.3, -0.25) is 0 Å². The molecule has 4 heteroatoms. The van der Waals surface area contributed by atoms with Crippen molar-refractivity contribution in [1.29, 1.82) is 0 Å². The van der Waals surface area contributed by atoms with Gasteiger partial charge >= 0.3 is 5.97 Å². The maximum Gasteiger partial charge on any atom is 0.339 e. The lowest BCUT2D eigenvalue weighted by atomic mass is 10.0. The topological polar surface area (TPSA) is 46.5 Å². The number of benzene rings is 1. The Labute approximate surface area is 93.6 Å². The Kier molecular flexibility index (Phi) is 3.72. The summed E-state index contributed by atoms with van der Waals surface area (Å²) < 4.78 is 4.46. The number of ether oxygens (including phenoxy) is 1. The van der Waals surface area contributed by atoms with E-state index in [1.807, 2.05) is 13.0 Å². The molecule has 0 aliphatic rings. The number of aryl methyl sites for hydroxylation is 2. The van der Waals surface area contributed by atoms with E-state index in [1.165, 1.54) is 7.11 Å². The molecule has 1 rings (SSSR count). The van der Waals surface area contributed by atoms with E-state index in [4.69, 9.17) is 11.6 Å². The first-order chi connectivity index (χ1) is 6.97. The quantitative estimate of drug-likeness (QED) is 0.790. The van der Waals surface area contributed by atoms with Gasteiger partial charge in [0, 0.05) is 10.6 Å². The van der Waals surface area contributed by atoms with Crippen LogP contribution in [0.5, 0.6) is 0 Å². The van der Waals surface area contributed by atoms with E-state index in [0.717, 1.165) is 11.1 Å². The summed E-state index contributed by atoms with van der Waals surface area (Å²) in [6.07, 6.45) is -1.32. The van der Waals surface area contributed by atoms with Gasteiger partial charge in [-0.05, 0) is 31.0 Å². The average molecular weight is 229 g/mol. The van der Waals surface area contributed by atoms with E-state index in [0.29, 0.717) is 10.6 Å². The summed E-state index contributed by atoms with van der Waals surface area (Å²) in [6.45, 7) is 3.69. The smallest absolute Gasteiger partial charge is 0.339 e. The highest BCUT2D eigenvalue weighted by Crippen LogP contribution is 2.28. The molecule has 0 aliphatic carbocycles. The van der Waals surface area contributed by atoms with Gasteiger partial charge in [0.15, 0.2) is 6.10 Å². The van der Waals surface area contributed by atoms with Crippen LogP contribution < -0.4 is 0 Å². The number of aliphatic hydroxyl groups excluding tert-OH is 1. The normalized spacial score (nSPS) is 12.3. The lowest BCUT2D eigenvalue weighted by molar-refractivity contribution is -0.150. The molecule has 0 radical (unpaired) electrons. The number of rotatable bonds is 2. The molecule has 0 aliphatic heterocycles. The molecule has 15 heavy (non-hydrogen) atoms. The Morgan fingerprint density at radius 1 is 1.47 bits per heavy atom. The van der Waals surface area contributed by atoms with Crippen LogP contribution in [0, 0.1) is 13.8 Å². The molecule has 0 heterocycles. The number of methoxy groups -OCH3 is 1. The fourth-order valence-electron chi connectivity index (χ4n) is 1.50. The summed E-state index contributed by atoms with van der Waals surface area (Å²) in [5.74, 6) is -0.705. The summed E-state index contributed by atoms with van der Waals surface area (Å²) in [4.78, 5) is 11.2. The van der Waals surface area contributed by atoms with E-state index in [-0.39, 0.29) is 0 Å². The molecule has 1 N–H and O–H groups in total. The number of carbonyl (C=O) groups excluding carboxylic acids is 1. The molecule has 0 aromatic heterocycles. The Balaban J connectivity index is 3.19. The van der Waals surface area contributed by atoms with Crippen molar-refractivity contribution < 1.29 is 14.6 Å². The zero-order valence-corrected chi connectivity index (χ0v) is 9.63. The highest BCUT2D eigenvalue weighted by Gasteiger charge is 2.22. The van der Waals surface area contributed by atoms with Crippen LogP contribution in [0.15, 0.2) is 12.1 Å². The standard InChI is InChI=1S/C11H13ClO3/c1-6-4-7(2)9(8(12)5-6)10(13)11(14)15-3/h4-5,10,13H,1-3H3. The molecule has 82 valence electrons. The predicted octanol–water partition coefficient (Wildman–Crippen LogP) is 2.16. The first kappa shape index (κ1) is 12.0. The van der Waals surface area contributed by atoms with E-state index < -0.39 is 12.1 Å². The molecular weight excluding hydrogens is 216 g/mol. The molecule has 0 spiro atoms. The number of esters is 1. The molecule has 0 fully saturated rings. The minimum atomic E-state index is -1.32. The van der Waals surface area contributed by atoms with Gasteiger partial charge in [0.25, 0.3) is 0 Å². The van der Waals surface area contributed by atoms with Crippen molar-refractivity contribution in [2.45, 2.75) is 20.0 Å². The molecule has 3 nitrogen and oxygen atoms in total. The van der Waals surface area contributed by atoms with Crippen molar-refractivity contribution in [3.8, 4) is 0 Å². The zero-order valence-electron chi connectivity index (χ0n) is 8.87. The third-order valence-corrected chi connectivity index (χ3v) is 2.49. The molecule has 0 amide bonds. The van der Waals surface area contributed by atoms with Crippen LogP contribution in [0.25, 0.3) is 0 Å². The third-order valence-electron chi connectivity index (χ3n) is 2.18. The number of halogens is 1. The maximum absolute atomic E-state index is 11.2. The number of aliphatic hydroxyl groups is 1. The van der Waals surface area contributed by atoms with E-state index >= 15 is 0 Å². The SMILES string of the molecule is COC(=O)C(O)c1c(C)cc(C)cc1Cl. The monoisotopic (exact) mass is 228 g/mol. The summed E-state index contributed by atoms with van der Waals surface area (Å²) in [5, 5.41) is 10.1. The van der Waals surface area contributed by atoms with Gasteiger partial charge < -0.3 is 9.84 Å². The average Bonchev–Trinajstić information content (AvgIpc) is 2.14. The summed E-state index contributed by atoms with van der Waals surface area (Å²) >= 11 is 5.96. The molecule has 1 aromatic rings. The van der Waals surface area contributed by atoms with Gasteiger partial charge in [-0.2, -0.15) is 0 Å². The molecule has 1 unspecified atom stereocenters. The van der Waals surface area contributed by atoms with Gasteiger partial charge in [-0.1, -0.05) is 17.7 Å². The fraction of sp³-hybridized carbons (Fsp3) is 0.364. The number of hydrogen-bond donors (Lipinski definition) is 1. The first-order valence-corrected chi connectivity index (χ1v) is 4.87. The van der Waals surface area contributed by atoms with E-state index in [2.05, 4.69) is 4.74 Å². The van der Waals surface area contributed by atoms with Crippen molar-refractivity contribution in [2.75, 3.05) is 7.11 Å². The van der Waals surface area contributed by atoms with Crippen molar-refractivity contribution >= 4 is 17.6 Å². The minimum Gasteiger partial charge on any atom is -0.467 e. The minimum absolute atomic E-state index is 0.380. The van der Waals surface area contributed by atoms with E-state index in [1.54, 1.807) is 13.0 Å². The van der Waals surface area contributed by atoms with Crippen LogP contribution in [-0.4, -0.2) is 18.2 Å². The van der Waals surface area contributed by atoms with Crippen LogP contribution in [0.1, 0.15) is 22.8 Å². The second kappa shape index (κ2) is 4.64. The Morgan fingerprint density at radius 2 is 2.07 bits per heavy atom. The lowest BCUT2D eigenvalue weighted by Gasteiger charge is -2.14. The Morgan fingerprint density at radius 3 is 2.53 bits per heavy atom. The van der Waals surface area contributed by atoms with Gasteiger partial charge in [-0.15, -0.1) is 0 Å². The second-order valence-corrected chi connectivity index (χ2v) is 3.81. The second-order valence-electron chi connectivity index (χ2n) is 3.40. The van der Waals surface area contributed by atoms with Crippen molar-refractivity contribution in [2.24, 2.45) is 0 Å².